The predicted molar refractivity (Wildman–Crippen MR) is 77.4 cm³/mol. The third kappa shape index (κ3) is 3.34. The fourth-order valence-electron chi connectivity index (χ4n) is 1.71. The van der Waals surface area contributed by atoms with Crippen LogP contribution in [0.5, 0.6) is 0 Å². The molecule has 17 heavy (non-hydrogen) atoms. The Morgan fingerprint density at radius 1 is 1.06 bits per heavy atom. The van der Waals surface area contributed by atoms with Gasteiger partial charge in [-0.15, -0.1) is 0 Å². The third-order valence-electron chi connectivity index (χ3n) is 2.75. The molecule has 0 radical (unpaired) electrons. The lowest BCUT2D eigenvalue weighted by Gasteiger charge is -2.08. The van der Waals surface area contributed by atoms with E-state index in [2.05, 4.69) is 77.6 Å². The van der Waals surface area contributed by atoms with E-state index in [1.165, 1.54) is 26.9 Å². The highest BCUT2D eigenvalue weighted by Gasteiger charge is 1.98. The van der Waals surface area contributed by atoms with E-state index >= 15 is 0 Å². The highest BCUT2D eigenvalue weighted by molar-refractivity contribution is 9.10. The summed E-state index contributed by atoms with van der Waals surface area (Å²) in [6.07, 6.45) is 0. The molecule has 0 spiro atoms. The summed E-state index contributed by atoms with van der Waals surface area (Å²) in [5.74, 6) is 0. The minimum Gasteiger partial charge on any atom is -0.381 e. The Bertz CT molecular complexity index is 520. The minimum absolute atomic E-state index is 0.850. The molecule has 0 atom stereocenters. The lowest BCUT2D eigenvalue weighted by atomic mass is 10.1. The molecular weight excluding hydrogens is 274 g/mol. The van der Waals surface area contributed by atoms with Crippen molar-refractivity contribution in [1.82, 2.24) is 0 Å². The molecule has 0 saturated carbocycles. The molecule has 1 N–H and O–H groups in total. The lowest BCUT2D eigenvalue weighted by molar-refractivity contribution is 1.14. The molecule has 1 nitrogen and oxygen atoms in total. The first kappa shape index (κ1) is 12.2. The van der Waals surface area contributed by atoms with E-state index in [9.17, 15) is 0 Å². The van der Waals surface area contributed by atoms with Crippen LogP contribution in [-0.2, 0) is 6.54 Å². The minimum atomic E-state index is 0.850. The molecule has 0 amide bonds. The largest absolute Gasteiger partial charge is 0.381 e. The molecule has 2 aromatic rings. The number of aryl methyl sites for hydroxylation is 2. The monoisotopic (exact) mass is 289 g/mol. The molecule has 88 valence electrons. The number of anilines is 1. The van der Waals surface area contributed by atoms with Gasteiger partial charge in [0.15, 0.2) is 0 Å². The maximum Gasteiger partial charge on any atom is 0.0401 e. The Morgan fingerprint density at radius 2 is 1.88 bits per heavy atom. The molecule has 0 unspecified atom stereocenters. The Balaban J connectivity index is 2.05. The second kappa shape index (κ2) is 5.37. The second-order valence-corrected chi connectivity index (χ2v) is 5.16. The summed E-state index contributed by atoms with van der Waals surface area (Å²) in [6.45, 7) is 5.05. The van der Waals surface area contributed by atoms with Crippen LogP contribution in [0.15, 0.2) is 46.9 Å². The molecule has 2 rings (SSSR count). The number of hydrogen-bond acceptors (Lipinski definition) is 1. The normalized spacial score (nSPS) is 10.3. The Kier molecular flexibility index (Phi) is 3.85. The van der Waals surface area contributed by atoms with E-state index < -0.39 is 0 Å². The van der Waals surface area contributed by atoms with Gasteiger partial charge in [-0.1, -0.05) is 40.2 Å². The summed E-state index contributed by atoms with van der Waals surface area (Å²) in [6, 6.07) is 14.9. The summed E-state index contributed by atoms with van der Waals surface area (Å²) >= 11 is 3.56. The zero-order valence-corrected chi connectivity index (χ0v) is 11.7. The first-order valence-electron chi connectivity index (χ1n) is 5.71. The van der Waals surface area contributed by atoms with Gasteiger partial charge in [-0.25, -0.2) is 0 Å². The Labute approximate surface area is 111 Å². The number of halogens is 1. The highest BCUT2D eigenvalue weighted by atomic mass is 79.9. The van der Waals surface area contributed by atoms with Crippen molar-refractivity contribution < 1.29 is 0 Å². The van der Waals surface area contributed by atoms with Gasteiger partial charge < -0.3 is 5.32 Å². The van der Waals surface area contributed by atoms with Gasteiger partial charge in [0, 0.05) is 16.7 Å². The molecule has 0 heterocycles. The number of nitrogens with one attached hydrogen (secondary N) is 1. The Hall–Kier alpha value is -1.28. The van der Waals surface area contributed by atoms with Crippen molar-refractivity contribution >= 4 is 21.6 Å². The fraction of sp³-hybridized carbons (Fsp3) is 0.200. The Morgan fingerprint density at radius 3 is 2.59 bits per heavy atom. The van der Waals surface area contributed by atoms with Crippen molar-refractivity contribution in [1.29, 1.82) is 0 Å². The molecule has 2 heteroatoms. The molecule has 2 aromatic carbocycles. The summed E-state index contributed by atoms with van der Waals surface area (Å²) in [5, 5.41) is 3.43. The van der Waals surface area contributed by atoms with Gasteiger partial charge in [0.2, 0.25) is 0 Å². The quantitative estimate of drug-likeness (QED) is 0.865. The summed E-state index contributed by atoms with van der Waals surface area (Å²) in [4.78, 5) is 0. The fourth-order valence-corrected chi connectivity index (χ4v) is 2.13. The first-order chi connectivity index (χ1) is 8.15. The SMILES string of the molecule is Cc1cccc(NCc2ccc(C)c(Br)c2)c1. The first-order valence-corrected chi connectivity index (χ1v) is 6.50. The lowest BCUT2D eigenvalue weighted by Crippen LogP contribution is -1.99. The third-order valence-corrected chi connectivity index (χ3v) is 3.61. The molecule has 0 aliphatic carbocycles. The zero-order valence-electron chi connectivity index (χ0n) is 10.1. The van der Waals surface area contributed by atoms with Crippen molar-refractivity contribution in [2.75, 3.05) is 5.32 Å². The number of benzene rings is 2. The van der Waals surface area contributed by atoms with E-state index in [0.29, 0.717) is 0 Å². The molecule has 0 aromatic heterocycles. The van der Waals surface area contributed by atoms with Crippen LogP contribution in [0.3, 0.4) is 0 Å². The maximum absolute atomic E-state index is 3.56. The average molecular weight is 290 g/mol. The van der Waals surface area contributed by atoms with Crippen LogP contribution in [0.2, 0.25) is 0 Å². The van der Waals surface area contributed by atoms with E-state index in [4.69, 9.17) is 0 Å². The molecule has 0 saturated heterocycles. The van der Waals surface area contributed by atoms with Gasteiger partial charge in [0.1, 0.15) is 0 Å². The number of rotatable bonds is 3. The summed E-state index contributed by atoms with van der Waals surface area (Å²) in [7, 11) is 0. The van der Waals surface area contributed by atoms with Crippen LogP contribution in [0.4, 0.5) is 5.69 Å². The highest BCUT2D eigenvalue weighted by Crippen LogP contribution is 2.18. The predicted octanol–water partition coefficient (Wildman–Crippen LogP) is 4.68. The maximum atomic E-state index is 3.56. The topological polar surface area (TPSA) is 12.0 Å². The van der Waals surface area contributed by atoms with Gasteiger partial charge >= 0.3 is 0 Å². The number of hydrogen-bond donors (Lipinski definition) is 1. The van der Waals surface area contributed by atoms with Crippen molar-refractivity contribution in [3.63, 3.8) is 0 Å². The van der Waals surface area contributed by atoms with Crippen LogP contribution >= 0.6 is 15.9 Å². The van der Waals surface area contributed by atoms with Crippen molar-refractivity contribution in [3.8, 4) is 0 Å². The van der Waals surface area contributed by atoms with Crippen LogP contribution in [0.1, 0.15) is 16.7 Å². The van der Waals surface area contributed by atoms with Crippen LogP contribution in [-0.4, -0.2) is 0 Å². The van der Waals surface area contributed by atoms with Crippen molar-refractivity contribution in [2.24, 2.45) is 0 Å². The van der Waals surface area contributed by atoms with E-state index in [-0.39, 0.29) is 0 Å². The van der Waals surface area contributed by atoms with Gasteiger partial charge in [-0.05, 0) is 48.7 Å². The second-order valence-electron chi connectivity index (χ2n) is 4.31. The van der Waals surface area contributed by atoms with Crippen molar-refractivity contribution in [3.05, 3.63) is 63.6 Å². The average Bonchev–Trinajstić information content (AvgIpc) is 2.31. The van der Waals surface area contributed by atoms with Crippen LogP contribution in [0, 0.1) is 13.8 Å². The van der Waals surface area contributed by atoms with Gasteiger partial charge in [-0.2, -0.15) is 0 Å². The van der Waals surface area contributed by atoms with E-state index in [0.717, 1.165) is 6.54 Å². The molecule has 0 fully saturated rings. The zero-order chi connectivity index (χ0) is 12.3. The van der Waals surface area contributed by atoms with E-state index in [1.807, 2.05) is 0 Å². The smallest absolute Gasteiger partial charge is 0.0401 e. The summed E-state index contributed by atoms with van der Waals surface area (Å²) in [5.41, 5.74) is 5.00. The summed E-state index contributed by atoms with van der Waals surface area (Å²) < 4.78 is 1.17. The molecule has 0 aliphatic heterocycles. The van der Waals surface area contributed by atoms with Gasteiger partial charge in [0.05, 0.1) is 0 Å². The van der Waals surface area contributed by atoms with E-state index in [1.54, 1.807) is 0 Å². The van der Waals surface area contributed by atoms with Crippen LogP contribution < -0.4 is 5.32 Å². The van der Waals surface area contributed by atoms with Gasteiger partial charge in [0.25, 0.3) is 0 Å². The molecule has 0 aliphatic rings. The van der Waals surface area contributed by atoms with Crippen molar-refractivity contribution in [2.45, 2.75) is 20.4 Å². The standard InChI is InChI=1S/C15H16BrN/c1-11-4-3-5-14(8-11)17-10-13-7-6-12(2)15(16)9-13/h3-9,17H,10H2,1-2H3. The molecule has 0 bridgehead atoms. The van der Waals surface area contributed by atoms with Gasteiger partial charge in [-0.3, -0.25) is 0 Å². The molecular formula is C15H16BrN. The van der Waals surface area contributed by atoms with Crippen LogP contribution in [0.25, 0.3) is 0 Å².